The van der Waals surface area contributed by atoms with E-state index in [2.05, 4.69) is 10.4 Å². The van der Waals surface area contributed by atoms with Crippen LogP contribution in [0.1, 0.15) is 42.9 Å². The molecular formula is C38H33Cl2F3N4O6. The van der Waals surface area contributed by atoms with Gasteiger partial charge in [-0.05, 0) is 66.6 Å². The van der Waals surface area contributed by atoms with Crippen molar-refractivity contribution in [3.05, 3.63) is 99.2 Å². The number of hydrogen-bond acceptors (Lipinski definition) is 8. The second-order valence-electron chi connectivity index (χ2n) is 13.6. The number of phenols is 1. The number of rotatable bonds is 8. The van der Waals surface area contributed by atoms with E-state index in [4.69, 9.17) is 27.9 Å². The van der Waals surface area contributed by atoms with Gasteiger partial charge < -0.3 is 9.84 Å². The Morgan fingerprint density at radius 1 is 1.04 bits per heavy atom. The molecule has 0 bridgehead atoms. The summed E-state index contributed by atoms with van der Waals surface area (Å²) in [6.07, 6.45) is 2.03. The first-order chi connectivity index (χ1) is 25.2. The number of ether oxygens (including phenoxy) is 1. The van der Waals surface area contributed by atoms with E-state index in [0.29, 0.717) is 40.4 Å². The van der Waals surface area contributed by atoms with Crippen LogP contribution in [-0.4, -0.2) is 57.3 Å². The van der Waals surface area contributed by atoms with E-state index in [9.17, 15) is 32.7 Å². The number of allylic oxidation sites excluding steroid dienone is 3. The number of carbonyl (C=O) groups excluding carboxylic acids is 4. The van der Waals surface area contributed by atoms with Gasteiger partial charge in [0.25, 0.3) is 11.8 Å². The molecule has 276 valence electrons. The van der Waals surface area contributed by atoms with Crippen LogP contribution in [0.3, 0.4) is 0 Å². The Morgan fingerprint density at radius 2 is 1.77 bits per heavy atom. The van der Waals surface area contributed by atoms with Crippen LogP contribution in [0.4, 0.5) is 19.0 Å². The number of likely N-dealkylation sites (tertiary alicyclic amines) is 1. The van der Waals surface area contributed by atoms with Crippen LogP contribution in [0.15, 0.2) is 72.5 Å². The molecule has 10 nitrogen and oxygen atoms in total. The molecule has 1 saturated carbocycles. The van der Waals surface area contributed by atoms with Crippen LogP contribution in [0.2, 0.25) is 10.0 Å². The zero-order chi connectivity index (χ0) is 38.0. The van der Waals surface area contributed by atoms with Gasteiger partial charge in [-0.25, -0.2) is 4.98 Å². The number of methoxy groups -OCH3 is 1. The Kier molecular flexibility index (Phi) is 9.30. The molecule has 15 heteroatoms. The molecule has 3 fully saturated rings. The summed E-state index contributed by atoms with van der Waals surface area (Å²) in [6, 6.07) is 11.8. The molecule has 1 aromatic heterocycles. The molecule has 4 amide bonds. The van der Waals surface area contributed by atoms with Gasteiger partial charge in [-0.1, -0.05) is 72.1 Å². The van der Waals surface area contributed by atoms with E-state index in [1.165, 1.54) is 18.1 Å². The topological polar surface area (TPSA) is 129 Å². The second kappa shape index (κ2) is 13.5. The Bertz CT molecular complexity index is 2090. The third-order valence-corrected chi connectivity index (χ3v) is 11.4. The highest BCUT2D eigenvalue weighted by Crippen LogP contribution is 2.61. The molecule has 2 aromatic carbocycles. The van der Waals surface area contributed by atoms with E-state index in [0.717, 1.165) is 5.01 Å². The van der Waals surface area contributed by atoms with Crippen molar-refractivity contribution in [3.8, 4) is 11.5 Å². The number of hydrogen-bond donors (Lipinski definition) is 2. The molecular weight excluding hydrogens is 736 g/mol. The summed E-state index contributed by atoms with van der Waals surface area (Å²) < 4.78 is 45.6. The van der Waals surface area contributed by atoms with Gasteiger partial charge >= 0.3 is 6.18 Å². The minimum Gasteiger partial charge on any atom is -0.504 e. The lowest BCUT2D eigenvalue weighted by Crippen LogP contribution is -2.54. The summed E-state index contributed by atoms with van der Waals surface area (Å²) >= 11 is 12.5. The lowest BCUT2D eigenvalue weighted by Gasteiger charge is -2.49. The smallest absolute Gasteiger partial charge is 0.417 e. The number of aromatic hydroxyl groups is 1. The number of carbonyl (C=O) groups is 4. The Balaban J connectivity index is 1.41. The van der Waals surface area contributed by atoms with Crippen LogP contribution in [0.25, 0.3) is 6.08 Å². The van der Waals surface area contributed by atoms with Crippen molar-refractivity contribution in [1.82, 2.24) is 14.9 Å². The van der Waals surface area contributed by atoms with Gasteiger partial charge in [0.1, 0.15) is 0 Å². The third-order valence-electron chi connectivity index (χ3n) is 10.8. The van der Waals surface area contributed by atoms with E-state index in [1.807, 2.05) is 13.0 Å². The maximum atomic E-state index is 15.1. The third kappa shape index (κ3) is 5.84. The molecule has 2 saturated heterocycles. The number of pyridine rings is 1. The number of nitrogens with one attached hydrogen (secondary N) is 1. The Hall–Kier alpha value is -4.88. The number of halogens is 5. The second-order valence-corrected chi connectivity index (χ2v) is 14.4. The SMILES string of the molecule is CCCN1C(=O)C2CC=C3C(CC4C(=O)N(Nc5ncc(C(F)(F)F)cc5Cl)C(=O)C4(c4ccc(Cl)cc4)C3C=Cc3ccc(O)c(OC)c3)C2C1=O. The van der Waals surface area contributed by atoms with Crippen LogP contribution >= 0.6 is 23.2 Å². The zero-order valence-corrected chi connectivity index (χ0v) is 29.9. The van der Waals surface area contributed by atoms with Crippen molar-refractivity contribution in [3.63, 3.8) is 0 Å². The van der Waals surface area contributed by atoms with Crippen LogP contribution in [-0.2, 0) is 30.8 Å². The first-order valence-electron chi connectivity index (χ1n) is 17.0. The van der Waals surface area contributed by atoms with Crippen molar-refractivity contribution in [1.29, 1.82) is 0 Å². The van der Waals surface area contributed by atoms with Gasteiger partial charge in [-0.3, -0.25) is 29.5 Å². The highest BCUT2D eigenvalue weighted by atomic mass is 35.5. The van der Waals surface area contributed by atoms with Gasteiger partial charge in [0.2, 0.25) is 11.8 Å². The lowest BCUT2D eigenvalue weighted by atomic mass is 9.50. The molecule has 0 spiro atoms. The average molecular weight is 770 g/mol. The number of nitrogens with zero attached hydrogens (tertiary/aromatic N) is 3. The number of amides is 4. The van der Waals surface area contributed by atoms with E-state index >= 15 is 4.79 Å². The van der Waals surface area contributed by atoms with Gasteiger partial charge in [-0.2, -0.15) is 18.2 Å². The molecule has 2 aliphatic carbocycles. The van der Waals surface area contributed by atoms with E-state index < -0.39 is 63.6 Å². The summed E-state index contributed by atoms with van der Waals surface area (Å²) in [6.45, 7) is 2.13. The molecule has 6 unspecified atom stereocenters. The van der Waals surface area contributed by atoms with E-state index in [-0.39, 0.29) is 48.5 Å². The Morgan fingerprint density at radius 3 is 2.43 bits per heavy atom. The highest BCUT2D eigenvalue weighted by molar-refractivity contribution is 6.33. The van der Waals surface area contributed by atoms with Crippen molar-refractivity contribution < 1.29 is 42.2 Å². The van der Waals surface area contributed by atoms with Crippen molar-refractivity contribution >= 4 is 58.7 Å². The average Bonchev–Trinajstić information content (AvgIpc) is 3.49. The molecule has 0 radical (unpaired) electrons. The Labute approximate surface area is 312 Å². The largest absolute Gasteiger partial charge is 0.504 e. The number of aromatic nitrogens is 1. The normalized spacial score (nSPS) is 26.8. The number of phenolic OH excluding ortho intramolecular Hbond substituents is 1. The van der Waals surface area contributed by atoms with Crippen molar-refractivity contribution in [2.75, 3.05) is 19.1 Å². The van der Waals surface area contributed by atoms with Gasteiger partial charge in [0.05, 0.1) is 40.9 Å². The number of fused-ring (bicyclic) bond motifs is 4. The summed E-state index contributed by atoms with van der Waals surface area (Å²) in [5.41, 5.74) is 1.56. The molecule has 3 aromatic rings. The van der Waals surface area contributed by atoms with Crippen molar-refractivity contribution in [2.45, 2.75) is 37.8 Å². The molecule has 2 aliphatic heterocycles. The van der Waals surface area contributed by atoms with Crippen LogP contribution < -0.4 is 10.2 Å². The molecule has 2 N–H and O–H groups in total. The highest BCUT2D eigenvalue weighted by Gasteiger charge is 2.69. The summed E-state index contributed by atoms with van der Waals surface area (Å²) in [5, 5.41) is 10.9. The molecule has 6 atom stereocenters. The predicted molar refractivity (Wildman–Crippen MR) is 188 cm³/mol. The molecule has 7 rings (SSSR count). The number of alkyl halides is 3. The van der Waals surface area contributed by atoms with Gasteiger partial charge in [0, 0.05) is 23.7 Å². The number of hydrazine groups is 1. The van der Waals surface area contributed by atoms with Gasteiger partial charge in [0.15, 0.2) is 17.3 Å². The number of benzene rings is 2. The van der Waals surface area contributed by atoms with Crippen LogP contribution in [0, 0.1) is 29.6 Å². The predicted octanol–water partition coefficient (Wildman–Crippen LogP) is 7.06. The standard InChI is InChI=1S/C38H33Cl2F3N4O6/c1-3-14-46-33(49)24-11-10-23-25(31(24)35(46)51)17-27-34(50)47(45-32-28(40)16-21(18-44-32)38(41,42)43)36(52)37(27,20-6-8-22(39)9-7-20)26(23)12-4-19-5-13-29(48)30(15-19)53-2/h4-10,12-13,15-16,18,24-27,31,48H,3,11,14,17H2,1-2H3,(H,44,45). The summed E-state index contributed by atoms with van der Waals surface area (Å²) in [5.74, 6) is -6.27. The molecule has 3 heterocycles. The quantitative estimate of drug-likeness (QED) is 0.184. The fraction of sp³-hybridized carbons (Fsp3) is 0.342. The molecule has 4 aliphatic rings. The lowest BCUT2D eigenvalue weighted by molar-refractivity contribution is -0.141. The maximum Gasteiger partial charge on any atom is 0.417 e. The minimum atomic E-state index is -4.74. The first-order valence-corrected chi connectivity index (χ1v) is 17.7. The number of anilines is 1. The fourth-order valence-electron chi connectivity index (χ4n) is 8.54. The monoisotopic (exact) mass is 768 g/mol. The van der Waals surface area contributed by atoms with Crippen LogP contribution in [0.5, 0.6) is 11.5 Å². The summed E-state index contributed by atoms with van der Waals surface area (Å²) in [7, 11) is 1.40. The minimum absolute atomic E-state index is 0.0168. The molecule has 53 heavy (non-hydrogen) atoms. The number of imide groups is 2. The zero-order valence-electron chi connectivity index (χ0n) is 28.4. The maximum absolute atomic E-state index is 15.1. The van der Waals surface area contributed by atoms with Gasteiger partial charge in [-0.15, -0.1) is 0 Å². The fourth-order valence-corrected chi connectivity index (χ4v) is 8.88. The van der Waals surface area contributed by atoms with Crippen molar-refractivity contribution in [2.24, 2.45) is 29.6 Å². The first kappa shape index (κ1) is 36.5. The van der Waals surface area contributed by atoms with E-state index in [1.54, 1.807) is 48.6 Å². The summed E-state index contributed by atoms with van der Waals surface area (Å²) in [4.78, 5) is 62.4.